The Morgan fingerprint density at radius 1 is 1.40 bits per heavy atom. The number of halogens is 3. The number of aliphatic hydroxyl groups is 1. The SMILES string of the molecule is CCCc1nc(CN2CCC(O)(C(F)(F)F)CC2)cs1. The van der Waals surface area contributed by atoms with Crippen LogP contribution < -0.4 is 0 Å². The standard InChI is InChI=1S/C13H19F3N2OS/c1-2-3-11-17-10(9-20-11)8-18-6-4-12(19,5-7-18)13(14,15)16/h9,19H,2-8H2,1H3. The molecule has 3 nitrogen and oxygen atoms in total. The summed E-state index contributed by atoms with van der Waals surface area (Å²) < 4.78 is 38.1. The van der Waals surface area contributed by atoms with Crippen molar-refractivity contribution in [2.75, 3.05) is 13.1 Å². The predicted octanol–water partition coefficient (Wildman–Crippen LogP) is 2.98. The molecule has 1 N–H and O–H groups in total. The van der Waals surface area contributed by atoms with E-state index in [1.54, 1.807) is 11.3 Å². The van der Waals surface area contributed by atoms with E-state index in [-0.39, 0.29) is 25.9 Å². The van der Waals surface area contributed by atoms with Gasteiger partial charge in [-0.2, -0.15) is 13.2 Å². The molecular formula is C13H19F3N2OS. The van der Waals surface area contributed by atoms with E-state index < -0.39 is 11.8 Å². The van der Waals surface area contributed by atoms with Crippen molar-refractivity contribution >= 4 is 11.3 Å². The van der Waals surface area contributed by atoms with Crippen molar-refractivity contribution in [1.82, 2.24) is 9.88 Å². The Morgan fingerprint density at radius 3 is 2.60 bits per heavy atom. The minimum Gasteiger partial charge on any atom is -0.380 e. The second-order valence-electron chi connectivity index (χ2n) is 5.29. The highest BCUT2D eigenvalue weighted by Crippen LogP contribution is 2.38. The van der Waals surface area contributed by atoms with Crippen molar-refractivity contribution in [3.05, 3.63) is 16.1 Å². The molecule has 20 heavy (non-hydrogen) atoms. The first-order valence-electron chi connectivity index (χ1n) is 6.79. The van der Waals surface area contributed by atoms with Crippen molar-refractivity contribution in [3.8, 4) is 0 Å². The van der Waals surface area contributed by atoms with Gasteiger partial charge in [0.15, 0.2) is 5.60 Å². The van der Waals surface area contributed by atoms with Crippen LogP contribution in [0.3, 0.4) is 0 Å². The molecule has 1 saturated heterocycles. The maximum atomic E-state index is 12.7. The Kier molecular flexibility index (Phi) is 4.71. The summed E-state index contributed by atoms with van der Waals surface area (Å²) in [5.74, 6) is 0. The molecule has 0 atom stereocenters. The van der Waals surface area contributed by atoms with Crippen molar-refractivity contribution in [2.45, 2.75) is 50.9 Å². The van der Waals surface area contributed by atoms with E-state index in [0.717, 1.165) is 23.5 Å². The summed E-state index contributed by atoms with van der Waals surface area (Å²) in [4.78, 5) is 6.39. The molecule has 7 heteroatoms. The lowest BCUT2D eigenvalue weighted by atomic mass is 9.91. The molecule has 1 fully saturated rings. The minimum absolute atomic E-state index is 0.247. The van der Waals surface area contributed by atoms with E-state index in [2.05, 4.69) is 11.9 Å². The van der Waals surface area contributed by atoms with E-state index in [4.69, 9.17) is 0 Å². The van der Waals surface area contributed by atoms with Crippen molar-refractivity contribution in [1.29, 1.82) is 0 Å². The predicted molar refractivity (Wildman–Crippen MR) is 71.6 cm³/mol. The molecule has 0 bridgehead atoms. The van der Waals surface area contributed by atoms with Crippen molar-refractivity contribution in [3.63, 3.8) is 0 Å². The quantitative estimate of drug-likeness (QED) is 0.929. The van der Waals surface area contributed by atoms with E-state index in [1.807, 2.05) is 10.3 Å². The summed E-state index contributed by atoms with van der Waals surface area (Å²) in [6, 6.07) is 0. The summed E-state index contributed by atoms with van der Waals surface area (Å²) in [6.07, 6.45) is -3.08. The fourth-order valence-corrected chi connectivity index (χ4v) is 3.24. The summed E-state index contributed by atoms with van der Waals surface area (Å²) in [5, 5.41) is 12.6. The Labute approximate surface area is 120 Å². The number of piperidine rings is 1. The fourth-order valence-electron chi connectivity index (χ4n) is 2.34. The van der Waals surface area contributed by atoms with Gasteiger partial charge in [0.25, 0.3) is 0 Å². The molecule has 2 rings (SSSR count). The van der Waals surface area contributed by atoms with Gasteiger partial charge in [-0.05, 0) is 25.7 Å². The van der Waals surface area contributed by atoms with Crippen LogP contribution in [0.25, 0.3) is 0 Å². The molecule has 0 saturated carbocycles. The lowest BCUT2D eigenvalue weighted by molar-refractivity contribution is -0.272. The summed E-state index contributed by atoms with van der Waals surface area (Å²) in [6.45, 7) is 3.14. The lowest BCUT2D eigenvalue weighted by Gasteiger charge is -2.38. The topological polar surface area (TPSA) is 36.4 Å². The largest absolute Gasteiger partial charge is 0.417 e. The Bertz CT molecular complexity index is 439. The number of hydrogen-bond donors (Lipinski definition) is 1. The Hall–Kier alpha value is -0.660. The summed E-state index contributed by atoms with van der Waals surface area (Å²) in [5.41, 5.74) is -1.60. The van der Waals surface area contributed by atoms with Crippen LogP contribution >= 0.6 is 11.3 Å². The van der Waals surface area contributed by atoms with Gasteiger partial charge in [-0.1, -0.05) is 6.92 Å². The molecule has 1 aliphatic rings. The molecule has 114 valence electrons. The zero-order valence-electron chi connectivity index (χ0n) is 11.4. The molecule has 0 aromatic carbocycles. The van der Waals surface area contributed by atoms with E-state index >= 15 is 0 Å². The van der Waals surface area contributed by atoms with Gasteiger partial charge in [-0.25, -0.2) is 4.98 Å². The zero-order chi connectivity index (χ0) is 14.8. The second-order valence-corrected chi connectivity index (χ2v) is 6.23. The normalized spacial score (nSPS) is 20.2. The van der Waals surface area contributed by atoms with Gasteiger partial charge in [0, 0.05) is 25.0 Å². The van der Waals surface area contributed by atoms with Gasteiger partial charge in [-0.3, -0.25) is 4.90 Å². The highest BCUT2D eigenvalue weighted by molar-refractivity contribution is 7.09. The number of nitrogens with zero attached hydrogens (tertiary/aromatic N) is 2. The molecule has 0 spiro atoms. The molecule has 0 aliphatic carbocycles. The molecule has 1 aliphatic heterocycles. The first-order valence-corrected chi connectivity index (χ1v) is 7.67. The third kappa shape index (κ3) is 3.51. The molecule has 2 heterocycles. The first kappa shape index (κ1) is 15.7. The van der Waals surface area contributed by atoms with E-state index in [0.29, 0.717) is 6.54 Å². The summed E-state index contributed by atoms with van der Waals surface area (Å²) >= 11 is 1.60. The maximum absolute atomic E-state index is 12.7. The molecule has 1 aromatic rings. The van der Waals surface area contributed by atoms with Gasteiger partial charge < -0.3 is 5.11 Å². The highest BCUT2D eigenvalue weighted by atomic mass is 32.1. The number of thiazole rings is 1. The number of alkyl halides is 3. The molecular weight excluding hydrogens is 289 g/mol. The molecule has 0 unspecified atom stereocenters. The van der Waals surface area contributed by atoms with Crippen molar-refractivity contribution < 1.29 is 18.3 Å². The molecule has 0 radical (unpaired) electrons. The number of likely N-dealkylation sites (tertiary alicyclic amines) is 1. The van der Waals surface area contributed by atoms with E-state index in [9.17, 15) is 18.3 Å². The number of aryl methyl sites for hydroxylation is 1. The Balaban J connectivity index is 1.88. The maximum Gasteiger partial charge on any atom is 0.417 e. The number of hydrogen-bond acceptors (Lipinski definition) is 4. The van der Waals surface area contributed by atoms with Crippen molar-refractivity contribution in [2.24, 2.45) is 0 Å². The minimum atomic E-state index is -4.53. The fraction of sp³-hybridized carbons (Fsp3) is 0.769. The van der Waals surface area contributed by atoms with Gasteiger partial charge >= 0.3 is 6.18 Å². The van der Waals surface area contributed by atoms with Crippen LogP contribution in [0.15, 0.2) is 5.38 Å². The Morgan fingerprint density at radius 2 is 2.05 bits per heavy atom. The van der Waals surface area contributed by atoms with Crippen LogP contribution in [0.1, 0.15) is 36.9 Å². The number of aromatic nitrogens is 1. The molecule has 0 amide bonds. The smallest absolute Gasteiger partial charge is 0.380 e. The average molecular weight is 308 g/mol. The highest BCUT2D eigenvalue weighted by Gasteiger charge is 2.54. The van der Waals surface area contributed by atoms with Crippen LogP contribution in [0.5, 0.6) is 0 Å². The zero-order valence-corrected chi connectivity index (χ0v) is 12.2. The van der Waals surface area contributed by atoms with Crippen LogP contribution in [0.2, 0.25) is 0 Å². The monoisotopic (exact) mass is 308 g/mol. The van der Waals surface area contributed by atoms with Crippen LogP contribution in [0, 0.1) is 0 Å². The van der Waals surface area contributed by atoms with Crippen LogP contribution in [-0.2, 0) is 13.0 Å². The lowest BCUT2D eigenvalue weighted by Crippen LogP contribution is -2.53. The second kappa shape index (κ2) is 5.99. The van der Waals surface area contributed by atoms with Gasteiger partial charge in [0.2, 0.25) is 0 Å². The van der Waals surface area contributed by atoms with Gasteiger partial charge in [-0.15, -0.1) is 11.3 Å². The molecule has 1 aromatic heterocycles. The van der Waals surface area contributed by atoms with Crippen LogP contribution in [0.4, 0.5) is 13.2 Å². The number of rotatable bonds is 4. The third-order valence-corrected chi connectivity index (χ3v) is 4.62. The third-order valence-electron chi connectivity index (χ3n) is 3.66. The van der Waals surface area contributed by atoms with Crippen LogP contribution in [-0.4, -0.2) is 39.9 Å². The van der Waals surface area contributed by atoms with Gasteiger partial charge in [0.1, 0.15) is 0 Å². The van der Waals surface area contributed by atoms with E-state index in [1.165, 1.54) is 0 Å². The summed E-state index contributed by atoms with van der Waals surface area (Å²) in [7, 11) is 0. The average Bonchev–Trinajstić information content (AvgIpc) is 2.79. The first-order chi connectivity index (χ1) is 9.34. The van der Waals surface area contributed by atoms with Gasteiger partial charge in [0.05, 0.1) is 10.7 Å².